The average Bonchev–Trinajstić information content (AvgIpc) is 2.33. The smallest absolute Gasteiger partial charge is 0.305 e. The quantitative estimate of drug-likeness (QED) is 0.602. The maximum absolute atomic E-state index is 11.7. The first-order valence-corrected chi connectivity index (χ1v) is 7.84. The molecule has 2 N–H and O–H groups in total. The number of hydrogen-bond donors (Lipinski definition) is 2. The summed E-state index contributed by atoms with van der Waals surface area (Å²) in [4.78, 5) is 10.9. The second-order valence-corrected chi connectivity index (χ2v) is 6.52. The van der Waals surface area contributed by atoms with E-state index in [1.165, 1.54) is 19.2 Å². The number of phenolic OH excluding ortho intramolecular Hbond substituents is 1. The minimum absolute atomic E-state index is 0.0296. The Hall–Kier alpha value is -1.28. The van der Waals surface area contributed by atoms with Crippen molar-refractivity contribution in [2.75, 3.05) is 17.6 Å². The highest BCUT2D eigenvalue weighted by atomic mass is 79.9. The molecule has 0 aliphatic carbocycles. The lowest BCUT2D eigenvalue weighted by Crippen LogP contribution is -2.17. The summed E-state index contributed by atoms with van der Waals surface area (Å²) >= 11 is 3.18. The monoisotopic (exact) mass is 351 g/mol. The van der Waals surface area contributed by atoms with E-state index >= 15 is 0 Å². The van der Waals surface area contributed by atoms with E-state index in [9.17, 15) is 18.3 Å². The molecule has 0 fully saturated rings. The minimum atomic E-state index is -3.62. The summed E-state index contributed by atoms with van der Waals surface area (Å²) in [5.74, 6) is -0.853. The molecule has 0 spiro atoms. The second kappa shape index (κ2) is 6.76. The lowest BCUT2D eigenvalue weighted by atomic mass is 10.3. The first kappa shape index (κ1) is 15.8. The zero-order chi connectivity index (χ0) is 14.5. The van der Waals surface area contributed by atoms with Gasteiger partial charge in [-0.3, -0.25) is 9.52 Å². The number of carbonyl (C=O) groups excluding carboxylic acids is 1. The molecule has 0 saturated carbocycles. The number of aromatic hydroxyl groups is 1. The van der Waals surface area contributed by atoms with E-state index in [0.29, 0.717) is 4.47 Å². The Morgan fingerprint density at radius 2 is 2.16 bits per heavy atom. The van der Waals surface area contributed by atoms with E-state index < -0.39 is 16.0 Å². The van der Waals surface area contributed by atoms with Crippen molar-refractivity contribution in [3.63, 3.8) is 0 Å². The van der Waals surface area contributed by atoms with Crippen LogP contribution in [0.15, 0.2) is 22.7 Å². The molecule has 1 aromatic rings. The number of methoxy groups -OCH3 is 1. The number of ether oxygens (including phenoxy) is 1. The molecule has 0 atom stereocenters. The largest absolute Gasteiger partial charge is 0.506 e. The minimum Gasteiger partial charge on any atom is -0.506 e. The van der Waals surface area contributed by atoms with Crippen LogP contribution in [-0.2, 0) is 19.6 Å². The van der Waals surface area contributed by atoms with Gasteiger partial charge in [-0.25, -0.2) is 8.42 Å². The molecule has 6 nitrogen and oxygen atoms in total. The summed E-state index contributed by atoms with van der Waals surface area (Å²) in [6.07, 6.45) is 0.179. The van der Waals surface area contributed by atoms with Crippen LogP contribution in [0.4, 0.5) is 5.69 Å². The van der Waals surface area contributed by atoms with Crippen LogP contribution >= 0.6 is 15.9 Å². The van der Waals surface area contributed by atoms with Gasteiger partial charge >= 0.3 is 5.97 Å². The molecule has 1 aromatic carbocycles. The molecule has 0 aliphatic heterocycles. The summed E-state index contributed by atoms with van der Waals surface area (Å²) in [7, 11) is -2.37. The Labute approximate surface area is 120 Å². The Kier molecular flexibility index (Phi) is 5.61. The molecule has 0 bridgehead atoms. The van der Waals surface area contributed by atoms with Crippen molar-refractivity contribution in [2.45, 2.75) is 12.8 Å². The van der Waals surface area contributed by atoms with Crippen molar-refractivity contribution in [3.05, 3.63) is 22.7 Å². The summed E-state index contributed by atoms with van der Waals surface area (Å²) in [6.45, 7) is 0. The van der Waals surface area contributed by atoms with Crippen molar-refractivity contribution in [3.8, 4) is 5.75 Å². The van der Waals surface area contributed by atoms with Gasteiger partial charge in [0.2, 0.25) is 10.0 Å². The van der Waals surface area contributed by atoms with Crippen LogP contribution in [-0.4, -0.2) is 32.4 Å². The third-order valence-electron chi connectivity index (χ3n) is 2.25. The molecule has 0 saturated heterocycles. The first-order valence-electron chi connectivity index (χ1n) is 5.40. The summed E-state index contributed by atoms with van der Waals surface area (Å²) in [5, 5.41) is 9.53. The van der Waals surface area contributed by atoms with Gasteiger partial charge in [0.1, 0.15) is 5.75 Å². The summed E-state index contributed by atoms with van der Waals surface area (Å²) in [5.41, 5.74) is 0.0902. The predicted octanol–water partition coefficient (Wildman–Crippen LogP) is 1.85. The Morgan fingerprint density at radius 1 is 1.47 bits per heavy atom. The maximum atomic E-state index is 11.7. The highest BCUT2D eigenvalue weighted by Gasteiger charge is 2.14. The highest BCUT2D eigenvalue weighted by Crippen LogP contribution is 2.27. The van der Waals surface area contributed by atoms with Crippen molar-refractivity contribution in [1.82, 2.24) is 0 Å². The number of sulfonamides is 1. The molecular formula is C11H14BrNO5S. The van der Waals surface area contributed by atoms with Crippen LogP contribution < -0.4 is 4.72 Å². The average molecular weight is 352 g/mol. The molecule has 0 aromatic heterocycles. The molecule has 0 aliphatic rings. The third kappa shape index (κ3) is 5.48. The predicted molar refractivity (Wildman–Crippen MR) is 74.5 cm³/mol. The van der Waals surface area contributed by atoms with Gasteiger partial charge in [0.15, 0.2) is 0 Å². The topological polar surface area (TPSA) is 92.7 Å². The van der Waals surface area contributed by atoms with Gasteiger partial charge in [-0.05, 0) is 24.6 Å². The van der Waals surface area contributed by atoms with Gasteiger partial charge in [-0.15, -0.1) is 0 Å². The van der Waals surface area contributed by atoms with Crippen molar-refractivity contribution < 1.29 is 23.1 Å². The van der Waals surface area contributed by atoms with Gasteiger partial charge in [-0.1, -0.05) is 15.9 Å². The van der Waals surface area contributed by atoms with E-state index in [1.54, 1.807) is 6.07 Å². The summed E-state index contributed by atoms with van der Waals surface area (Å²) in [6, 6.07) is 4.41. The standard InChI is InChI=1S/C11H14BrNO5S/c1-18-11(15)3-2-6-19(16,17)13-9-7-8(12)4-5-10(9)14/h4-5,7,13-14H,2-3,6H2,1H3. The summed E-state index contributed by atoms with van der Waals surface area (Å²) < 4.78 is 30.8. The molecule has 0 amide bonds. The van der Waals surface area contributed by atoms with Crippen LogP contribution in [0.2, 0.25) is 0 Å². The number of phenols is 1. The van der Waals surface area contributed by atoms with E-state index in [0.717, 1.165) is 0 Å². The van der Waals surface area contributed by atoms with Crippen molar-refractivity contribution in [2.24, 2.45) is 0 Å². The van der Waals surface area contributed by atoms with Crippen molar-refractivity contribution in [1.29, 1.82) is 0 Å². The first-order chi connectivity index (χ1) is 8.84. The second-order valence-electron chi connectivity index (χ2n) is 3.76. The number of hydrogen-bond acceptors (Lipinski definition) is 5. The van der Waals surface area contributed by atoms with Gasteiger partial charge in [0.25, 0.3) is 0 Å². The fourth-order valence-corrected chi connectivity index (χ4v) is 2.80. The molecule has 0 unspecified atom stereocenters. The Morgan fingerprint density at radius 3 is 2.79 bits per heavy atom. The Bertz CT molecular complexity index is 558. The van der Waals surface area contributed by atoms with Gasteiger partial charge in [0, 0.05) is 10.9 Å². The van der Waals surface area contributed by atoms with Crippen LogP contribution in [0.1, 0.15) is 12.8 Å². The molecule has 0 radical (unpaired) electrons. The number of rotatable bonds is 6. The van der Waals surface area contributed by atoms with Crippen LogP contribution in [0.3, 0.4) is 0 Å². The van der Waals surface area contributed by atoms with Crippen molar-refractivity contribution >= 4 is 37.6 Å². The lowest BCUT2D eigenvalue weighted by Gasteiger charge is -2.09. The number of esters is 1. The number of benzene rings is 1. The third-order valence-corrected chi connectivity index (χ3v) is 4.10. The van der Waals surface area contributed by atoms with E-state index in [2.05, 4.69) is 25.4 Å². The zero-order valence-corrected chi connectivity index (χ0v) is 12.6. The van der Waals surface area contributed by atoms with E-state index in [-0.39, 0.29) is 30.0 Å². The number of carbonyl (C=O) groups is 1. The SMILES string of the molecule is COC(=O)CCCS(=O)(=O)Nc1cc(Br)ccc1O. The van der Waals surface area contributed by atoms with Crippen LogP contribution in [0.5, 0.6) is 5.75 Å². The fourth-order valence-electron chi connectivity index (χ4n) is 1.32. The van der Waals surface area contributed by atoms with Gasteiger partial charge in [0.05, 0.1) is 18.6 Å². The molecule has 0 heterocycles. The van der Waals surface area contributed by atoms with E-state index in [4.69, 9.17) is 0 Å². The Balaban J connectivity index is 2.64. The molecule has 19 heavy (non-hydrogen) atoms. The number of nitrogens with one attached hydrogen (secondary N) is 1. The van der Waals surface area contributed by atoms with Crippen LogP contribution in [0.25, 0.3) is 0 Å². The maximum Gasteiger partial charge on any atom is 0.305 e. The molecule has 106 valence electrons. The van der Waals surface area contributed by atoms with E-state index in [1.807, 2.05) is 0 Å². The van der Waals surface area contributed by atoms with Gasteiger partial charge in [-0.2, -0.15) is 0 Å². The number of halogens is 1. The number of anilines is 1. The normalized spacial score (nSPS) is 11.1. The molecular weight excluding hydrogens is 338 g/mol. The van der Waals surface area contributed by atoms with Gasteiger partial charge < -0.3 is 9.84 Å². The van der Waals surface area contributed by atoms with Crippen LogP contribution in [0, 0.1) is 0 Å². The fraction of sp³-hybridized carbons (Fsp3) is 0.364. The molecule has 8 heteroatoms. The molecule has 1 rings (SSSR count). The highest BCUT2D eigenvalue weighted by molar-refractivity contribution is 9.10. The lowest BCUT2D eigenvalue weighted by molar-refractivity contribution is -0.140. The zero-order valence-electron chi connectivity index (χ0n) is 10.2.